The molecule has 0 N–H and O–H groups in total. The van der Waals surface area contributed by atoms with Gasteiger partial charge >= 0.3 is 0 Å². The predicted molar refractivity (Wildman–Crippen MR) is 68.2 cm³/mol. The molecular weight excluding hydrogens is 255 g/mol. The predicted octanol–water partition coefficient (Wildman–Crippen LogP) is 3.85. The zero-order valence-corrected chi connectivity index (χ0v) is 10.3. The minimum absolute atomic E-state index is 0.434. The van der Waals surface area contributed by atoms with Crippen molar-refractivity contribution in [1.29, 1.82) is 5.26 Å². The first kappa shape index (κ1) is 11.9. The number of benzene rings is 1. The molecule has 0 saturated heterocycles. The lowest BCUT2D eigenvalue weighted by atomic mass is 10.1. The summed E-state index contributed by atoms with van der Waals surface area (Å²) >= 11 is 11.7. The van der Waals surface area contributed by atoms with Crippen molar-refractivity contribution in [3.05, 3.63) is 63.4 Å². The summed E-state index contributed by atoms with van der Waals surface area (Å²) in [6.45, 7) is 0. The molecule has 0 aliphatic carbocycles. The molecule has 0 bridgehead atoms. The minimum atomic E-state index is 0.434. The monoisotopic (exact) mass is 262 g/mol. The summed E-state index contributed by atoms with van der Waals surface area (Å²) < 4.78 is 0. The third kappa shape index (κ3) is 2.76. The number of halogens is 2. The van der Waals surface area contributed by atoms with E-state index >= 15 is 0 Å². The van der Waals surface area contributed by atoms with E-state index in [1.165, 1.54) is 0 Å². The van der Waals surface area contributed by atoms with Gasteiger partial charge in [0.15, 0.2) is 0 Å². The number of nitrogens with zero attached hydrogens (tertiary/aromatic N) is 2. The van der Waals surface area contributed by atoms with Crippen LogP contribution in [-0.2, 0) is 6.42 Å². The second kappa shape index (κ2) is 5.18. The van der Waals surface area contributed by atoms with Gasteiger partial charge in [-0.15, -0.1) is 0 Å². The first-order valence-electron chi connectivity index (χ1n) is 4.98. The van der Waals surface area contributed by atoms with Crippen LogP contribution < -0.4 is 0 Å². The Morgan fingerprint density at radius 3 is 2.47 bits per heavy atom. The summed E-state index contributed by atoms with van der Waals surface area (Å²) in [7, 11) is 0. The third-order valence-electron chi connectivity index (χ3n) is 2.38. The molecular formula is C13H8Cl2N2. The van der Waals surface area contributed by atoms with Gasteiger partial charge in [-0.2, -0.15) is 5.26 Å². The second-order valence-electron chi connectivity index (χ2n) is 3.53. The minimum Gasteiger partial charge on any atom is -0.259 e. The van der Waals surface area contributed by atoms with Crippen LogP contribution in [0.2, 0.25) is 10.0 Å². The van der Waals surface area contributed by atoms with E-state index in [1.54, 1.807) is 12.3 Å². The molecule has 0 amide bonds. The molecule has 2 nitrogen and oxygen atoms in total. The van der Waals surface area contributed by atoms with E-state index in [0.29, 0.717) is 27.7 Å². The van der Waals surface area contributed by atoms with Gasteiger partial charge in [-0.05, 0) is 23.8 Å². The van der Waals surface area contributed by atoms with Crippen molar-refractivity contribution in [3.8, 4) is 6.07 Å². The molecule has 0 aliphatic rings. The molecule has 0 atom stereocenters. The second-order valence-corrected chi connectivity index (χ2v) is 4.37. The van der Waals surface area contributed by atoms with E-state index in [9.17, 15) is 0 Å². The van der Waals surface area contributed by atoms with Crippen molar-refractivity contribution in [2.45, 2.75) is 6.42 Å². The molecule has 1 heterocycles. The molecule has 84 valence electrons. The van der Waals surface area contributed by atoms with Crippen molar-refractivity contribution >= 4 is 23.2 Å². The highest BCUT2D eigenvalue weighted by atomic mass is 35.5. The van der Waals surface area contributed by atoms with Crippen molar-refractivity contribution in [3.63, 3.8) is 0 Å². The van der Waals surface area contributed by atoms with E-state index in [4.69, 9.17) is 28.5 Å². The zero-order valence-electron chi connectivity index (χ0n) is 8.82. The van der Waals surface area contributed by atoms with Gasteiger partial charge in [0.25, 0.3) is 0 Å². The van der Waals surface area contributed by atoms with Crippen LogP contribution in [-0.4, -0.2) is 4.98 Å². The van der Waals surface area contributed by atoms with Crippen LogP contribution in [0.1, 0.15) is 16.8 Å². The molecule has 2 aromatic rings. The van der Waals surface area contributed by atoms with Crippen LogP contribution in [0.3, 0.4) is 0 Å². The number of rotatable bonds is 2. The van der Waals surface area contributed by atoms with Crippen molar-refractivity contribution in [1.82, 2.24) is 4.98 Å². The van der Waals surface area contributed by atoms with Gasteiger partial charge in [0.2, 0.25) is 0 Å². The number of nitriles is 1. The van der Waals surface area contributed by atoms with Crippen LogP contribution in [0.5, 0.6) is 0 Å². The molecule has 0 saturated carbocycles. The first-order chi connectivity index (χ1) is 8.20. The first-order valence-corrected chi connectivity index (χ1v) is 5.74. The Morgan fingerprint density at radius 1 is 1.12 bits per heavy atom. The lowest BCUT2D eigenvalue weighted by molar-refractivity contribution is 1.06. The lowest BCUT2D eigenvalue weighted by Crippen LogP contribution is -1.96. The fraction of sp³-hybridized carbons (Fsp3) is 0.0769. The molecule has 1 aromatic carbocycles. The maximum absolute atomic E-state index is 9.03. The Balaban J connectivity index is 2.34. The van der Waals surface area contributed by atoms with Gasteiger partial charge in [-0.1, -0.05) is 35.3 Å². The standard InChI is InChI=1S/C13H8Cl2N2/c14-10-3-1-9(2-4-10)7-13-11(8-16)12(15)5-6-17-13/h1-6H,7H2. The average Bonchev–Trinajstić information content (AvgIpc) is 2.32. The highest BCUT2D eigenvalue weighted by Crippen LogP contribution is 2.20. The summed E-state index contributed by atoms with van der Waals surface area (Å²) in [4.78, 5) is 4.19. The van der Waals surface area contributed by atoms with E-state index in [2.05, 4.69) is 11.1 Å². The summed E-state index contributed by atoms with van der Waals surface area (Å²) in [5, 5.41) is 10.2. The van der Waals surface area contributed by atoms with Gasteiger partial charge < -0.3 is 0 Å². The molecule has 4 heteroatoms. The SMILES string of the molecule is N#Cc1c(Cl)ccnc1Cc1ccc(Cl)cc1. The van der Waals surface area contributed by atoms with Crippen LogP contribution in [0.25, 0.3) is 0 Å². The fourth-order valence-corrected chi connectivity index (χ4v) is 1.86. The molecule has 17 heavy (non-hydrogen) atoms. The summed E-state index contributed by atoms with van der Waals surface area (Å²) in [5.74, 6) is 0. The number of aromatic nitrogens is 1. The summed E-state index contributed by atoms with van der Waals surface area (Å²) in [6.07, 6.45) is 2.18. The molecule has 2 rings (SSSR count). The van der Waals surface area contributed by atoms with Crippen LogP contribution in [0.4, 0.5) is 0 Å². The average molecular weight is 263 g/mol. The highest BCUT2D eigenvalue weighted by Gasteiger charge is 2.08. The van der Waals surface area contributed by atoms with Crippen LogP contribution in [0, 0.1) is 11.3 Å². The Labute approximate surface area is 109 Å². The Kier molecular flexibility index (Phi) is 3.63. The van der Waals surface area contributed by atoms with Crippen LogP contribution in [0.15, 0.2) is 36.5 Å². The normalized spacial score (nSPS) is 9.94. The van der Waals surface area contributed by atoms with Crippen molar-refractivity contribution in [2.75, 3.05) is 0 Å². The maximum Gasteiger partial charge on any atom is 0.103 e. The summed E-state index contributed by atoms with van der Waals surface area (Å²) in [6, 6.07) is 11.1. The molecule has 0 unspecified atom stereocenters. The number of hydrogen-bond donors (Lipinski definition) is 0. The van der Waals surface area contributed by atoms with E-state index in [1.807, 2.05) is 24.3 Å². The largest absolute Gasteiger partial charge is 0.259 e. The smallest absolute Gasteiger partial charge is 0.103 e. The lowest BCUT2D eigenvalue weighted by Gasteiger charge is -2.04. The fourth-order valence-electron chi connectivity index (χ4n) is 1.53. The topological polar surface area (TPSA) is 36.7 Å². The van der Waals surface area contributed by atoms with Crippen molar-refractivity contribution in [2.24, 2.45) is 0 Å². The highest BCUT2D eigenvalue weighted by molar-refractivity contribution is 6.31. The van der Waals surface area contributed by atoms with Gasteiger partial charge in [-0.25, -0.2) is 0 Å². The van der Waals surface area contributed by atoms with Gasteiger partial charge in [0.05, 0.1) is 16.3 Å². The Morgan fingerprint density at radius 2 is 1.82 bits per heavy atom. The van der Waals surface area contributed by atoms with E-state index in [0.717, 1.165) is 5.56 Å². The Bertz CT molecular complexity index is 571. The quantitative estimate of drug-likeness (QED) is 0.825. The third-order valence-corrected chi connectivity index (χ3v) is 2.94. The maximum atomic E-state index is 9.03. The Hall–Kier alpha value is -1.56. The van der Waals surface area contributed by atoms with Gasteiger partial charge in [0, 0.05) is 17.6 Å². The molecule has 0 radical (unpaired) electrons. The molecule has 0 aliphatic heterocycles. The van der Waals surface area contributed by atoms with Gasteiger partial charge in [-0.3, -0.25) is 4.98 Å². The van der Waals surface area contributed by atoms with E-state index in [-0.39, 0.29) is 0 Å². The molecule has 0 spiro atoms. The number of hydrogen-bond acceptors (Lipinski definition) is 2. The number of pyridine rings is 1. The zero-order chi connectivity index (χ0) is 12.3. The van der Waals surface area contributed by atoms with Crippen molar-refractivity contribution < 1.29 is 0 Å². The summed E-state index contributed by atoms with van der Waals surface area (Å²) in [5.41, 5.74) is 2.16. The van der Waals surface area contributed by atoms with Gasteiger partial charge in [0.1, 0.15) is 6.07 Å². The van der Waals surface area contributed by atoms with E-state index < -0.39 is 0 Å². The molecule has 1 aromatic heterocycles. The van der Waals surface area contributed by atoms with Crippen LogP contribution >= 0.6 is 23.2 Å². The molecule has 0 fully saturated rings.